The summed E-state index contributed by atoms with van der Waals surface area (Å²) in [7, 11) is 0. The zero-order valence-corrected chi connectivity index (χ0v) is 7.26. The molecular formula is C8H16N2O. The van der Waals surface area contributed by atoms with Crippen molar-refractivity contribution in [3.63, 3.8) is 0 Å². The lowest BCUT2D eigenvalue weighted by atomic mass is 10.2. The van der Waals surface area contributed by atoms with Crippen molar-refractivity contribution in [1.82, 2.24) is 10.2 Å². The van der Waals surface area contributed by atoms with Crippen LogP contribution in [0.2, 0.25) is 0 Å². The SMILES string of the molecule is CCC(=O)N1CCN[C@H](C)C1. The fraction of sp³-hybridized carbons (Fsp3) is 0.875. The summed E-state index contributed by atoms with van der Waals surface area (Å²) >= 11 is 0. The van der Waals surface area contributed by atoms with Gasteiger partial charge >= 0.3 is 0 Å². The highest BCUT2D eigenvalue weighted by Crippen LogP contribution is 2.00. The largest absolute Gasteiger partial charge is 0.340 e. The van der Waals surface area contributed by atoms with Gasteiger partial charge in [-0.1, -0.05) is 6.92 Å². The standard InChI is InChI=1S/C8H16N2O/c1-3-8(11)10-5-4-9-7(2)6-10/h7,9H,3-6H2,1-2H3/t7-/m1/s1. The van der Waals surface area contributed by atoms with Crippen LogP contribution in [0.1, 0.15) is 20.3 Å². The molecule has 3 heteroatoms. The van der Waals surface area contributed by atoms with Gasteiger partial charge in [0.15, 0.2) is 0 Å². The average molecular weight is 156 g/mol. The summed E-state index contributed by atoms with van der Waals surface area (Å²) in [6.45, 7) is 6.70. The normalized spacial score (nSPS) is 25.3. The summed E-state index contributed by atoms with van der Waals surface area (Å²) in [5.41, 5.74) is 0. The van der Waals surface area contributed by atoms with Crippen molar-refractivity contribution >= 4 is 5.91 Å². The van der Waals surface area contributed by atoms with Gasteiger partial charge in [-0.25, -0.2) is 0 Å². The van der Waals surface area contributed by atoms with Crippen LogP contribution in [0.3, 0.4) is 0 Å². The van der Waals surface area contributed by atoms with Gasteiger partial charge in [-0.15, -0.1) is 0 Å². The van der Waals surface area contributed by atoms with Crippen molar-refractivity contribution in [1.29, 1.82) is 0 Å². The van der Waals surface area contributed by atoms with Crippen LogP contribution in [0, 0.1) is 0 Å². The Kier molecular flexibility index (Phi) is 2.88. The van der Waals surface area contributed by atoms with Gasteiger partial charge < -0.3 is 10.2 Å². The third-order valence-corrected chi connectivity index (χ3v) is 2.02. The van der Waals surface area contributed by atoms with Crippen molar-refractivity contribution in [3.8, 4) is 0 Å². The van der Waals surface area contributed by atoms with Crippen molar-refractivity contribution < 1.29 is 4.79 Å². The van der Waals surface area contributed by atoms with Gasteiger partial charge in [0, 0.05) is 32.1 Å². The Morgan fingerprint density at radius 1 is 1.73 bits per heavy atom. The molecule has 0 aromatic carbocycles. The predicted molar refractivity (Wildman–Crippen MR) is 44.3 cm³/mol. The van der Waals surface area contributed by atoms with E-state index in [2.05, 4.69) is 12.2 Å². The maximum absolute atomic E-state index is 11.2. The van der Waals surface area contributed by atoms with E-state index in [1.54, 1.807) is 0 Å². The lowest BCUT2D eigenvalue weighted by Gasteiger charge is -2.31. The molecule has 3 nitrogen and oxygen atoms in total. The Labute approximate surface area is 67.8 Å². The topological polar surface area (TPSA) is 32.3 Å². The fourth-order valence-electron chi connectivity index (χ4n) is 1.38. The quantitative estimate of drug-likeness (QED) is 0.589. The van der Waals surface area contributed by atoms with E-state index in [0.29, 0.717) is 12.5 Å². The number of carbonyl (C=O) groups is 1. The Balaban J connectivity index is 2.39. The van der Waals surface area contributed by atoms with E-state index in [9.17, 15) is 4.79 Å². The molecule has 1 heterocycles. The summed E-state index contributed by atoms with van der Waals surface area (Å²) in [6, 6.07) is 0.458. The monoisotopic (exact) mass is 156 g/mol. The van der Waals surface area contributed by atoms with Crippen molar-refractivity contribution in [2.45, 2.75) is 26.3 Å². The van der Waals surface area contributed by atoms with Gasteiger partial charge in [0.2, 0.25) is 5.91 Å². The zero-order valence-electron chi connectivity index (χ0n) is 7.26. The third kappa shape index (κ3) is 2.19. The number of amides is 1. The first-order valence-electron chi connectivity index (χ1n) is 4.25. The molecule has 0 saturated carbocycles. The van der Waals surface area contributed by atoms with Crippen LogP contribution in [0.15, 0.2) is 0 Å². The smallest absolute Gasteiger partial charge is 0.222 e. The van der Waals surface area contributed by atoms with Crippen LogP contribution in [0.4, 0.5) is 0 Å². The first-order valence-corrected chi connectivity index (χ1v) is 4.25. The molecule has 0 radical (unpaired) electrons. The van der Waals surface area contributed by atoms with Crippen LogP contribution in [0.5, 0.6) is 0 Å². The van der Waals surface area contributed by atoms with E-state index in [1.165, 1.54) is 0 Å². The molecule has 0 bridgehead atoms. The molecule has 1 N–H and O–H groups in total. The van der Waals surface area contributed by atoms with Gasteiger partial charge in [0.1, 0.15) is 0 Å². The molecule has 11 heavy (non-hydrogen) atoms. The lowest BCUT2D eigenvalue weighted by molar-refractivity contribution is -0.131. The summed E-state index contributed by atoms with van der Waals surface area (Å²) in [5, 5.41) is 3.30. The van der Waals surface area contributed by atoms with Gasteiger partial charge in [-0.3, -0.25) is 4.79 Å². The van der Waals surface area contributed by atoms with Gasteiger partial charge in [0.25, 0.3) is 0 Å². The minimum absolute atomic E-state index is 0.276. The molecule has 1 saturated heterocycles. The van der Waals surface area contributed by atoms with Crippen LogP contribution in [0.25, 0.3) is 0 Å². The minimum Gasteiger partial charge on any atom is -0.340 e. The molecule has 1 rings (SSSR count). The number of nitrogens with zero attached hydrogens (tertiary/aromatic N) is 1. The Morgan fingerprint density at radius 2 is 2.45 bits per heavy atom. The molecule has 1 aliphatic heterocycles. The second-order valence-corrected chi connectivity index (χ2v) is 3.05. The molecule has 1 atom stereocenters. The van der Waals surface area contributed by atoms with E-state index in [-0.39, 0.29) is 5.91 Å². The highest BCUT2D eigenvalue weighted by Gasteiger charge is 2.18. The first-order chi connectivity index (χ1) is 5.24. The molecule has 0 aromatic rings. The van der Waals surface area contributed by atoms with E-state index >= 15 is 0 Å². The van der Waals surface area contributed by atoms with Gasteiger partial charge in [-0.05, 0) is 6.92 Å². The average Bonchev–Trinajstić information content (AvgIpc) is 2.03. The summed E-state index contributed by atoms with van der Waals surface area (Å²) in [5.74, 6) is 0.276. The molecule has 64 valence electrons. The number of hydrogen-bond acceptors (Lipinski definition) is 2. The minimum atomic E-state index is 0.276. The molecule has 1 aliphatic rings. The zero-order chi connectivity index (χ0) is 8.27. The molecule has 1 fully saturated rings. The summed E-state index contributed by atoms with van der Waals surface area (Å²) in [6.07, 6.45) is 0.632. The number of piperazine rings is 1. The molecule has 0 aromatic heterocycles. The van der Waals surface area contributed by atoms with Crippen LogP contribution < -0.4 is 5.32 Å². The second kappa shape index (κ2) is 3.72. The predicted octanol–water partition coefficient (Wildman–Crippen LogP) is 0.217. The summed E-state index contributed by atoms with van der Waals surface area (Å²) in [4.78, 5) is 13.1. The van der Waals surface area contributed by atoms with Gasteiger partial charge in [-0.2, -0.15) is 0 Å². The molecule has 0 unspecified atom stereocenters. The number of nitrogens with one attached hydrogen (secondary N) is 1. The van der Waals surface area contributed by atoms with Crippen molar-refractivity contribution in [2.24, 2.45) is 0 Å². The van der Waals surface area contributed by atoms with Crippen molar-refractivity contribution in [3.05, 3.63) is 0 Å². The lowest BCUT2D eigenvalue weighted by Crippen LogP contribution is -2.51. The fourth-order valence-corrected chi connectivity index (χ4v) is 1.38. The highest BCUT2D eigenvalue weighted by molar-refractivity contribution is 5.75. The van der Waals surface area contributed by atoms with Crippen molar-refractivity contribution in [2.75, 3.05) is 19.6 Å². The number of carbonyl (C=O) groups excluding carboxylic acids is 1. The van der Waals surface area contributed by atoms with E-state index in [1.807, 2.05) is 11.8 Å². The highest BCUT2D eigenvalue weighted by atomic mass is 16.2. The van der Waals surface area contributed by atoms with E-state index in [4.69, 9.17) is 0 Å². The first kappa shape index (κ1) is 8.53. The van der Waals surface area contributed by atoms with Crippen LogP contribution in [-0.2, 0) is 4.79 Å². The van der Waals surface area contributed by atoms with Crippen LogP contribution >= 0.6 is 0 Å². The Hall–Kier alpha value is -0.570. The number of rotatable bonds is 1. The number of hydrogen-bond donors (Lipinski definition) is 1. The third-order valence-electron chi connectivity index (χ3n) is 2.02. The Bertz CT molecular complexity index is 147. The maximum atomic E-state index is 11.2. The second-order valence-electron chi connectivity index (χ2n) is 3.05. The molecule has 0 spiro atoms. The summed E-state index contributed by atoms with van der Waals surface area (Å²) < 4.78 is 0. The van der Waals surface area contributed by atoms with Crippen LogP contribution in [-0.4, -0.2) is 36.5 Å². The molecular weight excluding hydrogens is 140 g/mol. The maximum Gasteiger partial charge on any atom is 0.222 e. The molecule has 0 aliphatic carbocycles. The van der Waals surface area contributed by atoms with E-state index < -0.39 is 0 Å². The van der Waals surface area contributed by atoms with Gasteiger partial charge in [0.05, 0.1) is 0 Å². The van der Waals surface area contributed by atoms with E-state index in [0.717, 1.165) is 19.6 Å². The molecule has 1 amide bonds. The Morgan fingerprint density at radius 3 is 3.00 bits per heavy atom.